The molecule has 2 rings (SSSR count). The van der Waals surface area contributed by atoms with Crippen LogP contribution in [0.25, 0.3) is 0 Å². The first-order valence-electron chi connectivity index (χ1n) is 5.81. The zero-order chi connectivity index (χ0) is 12.8. The van der Waals surface area contributed by atoms with Crippen molar-refractivity contribution in [2.24, 2.45) is 0 Å². The fourth-order valence-electron chi connectivity index (χ4n) is 1.61. The Hall–Kier alpha value is -2.17. The number of hydrogen-bond donors (Lipinski definition) is 1. The first-order chi connectivity index (χ1) is 8.79. The molecular formula is C13H17N3O2. The molecule has 0 amide bonds. The average molecular weight is 247 g/mol. The van der Waals surface area contributed by atoms with E-state index in [2.05, 4.69) is 4.98 Å². The number of nitrogens with zero attached hydrogens (tertiary/aromatic N) is 2. The molecule has 1 aromatic carbocycles. The van der Waals surface area contributed by atoms with Crippen molar-refractivity contribution in [2.45, 2.75) is 13.0 Å². The SMILES string of the molecule is COc1ccc(N)c(OCCCn2ccnc2)c1. The minimum Gasteiger partial charge on any atom is -0.497 e. The molecule has 0 aliphatic carbocycles. The topological polar surface area (TPSA) is 62.3 Å². The van der Waals surface area contributed by atoms with Gasteiger partial charge in [-0.3, -0.25) is 0 Å². The molecule has 0 saturated carbocycles. The van der Waals surface area contributed by atoms with Crippen molar-refractivity contribution in [3.63, 3.8) is 0 Å². The number of hydrogen-bond acceptors (Lipinski definition) is 4. The maximum absolute atomic E-state index is 5.83. The number of methoxy groups -OCH3 is 1. The lowest BCUT2D eigenvalue weighted by Gasteiger charge is -2.10. The van der Waals surface area contributed by atoms with Crippen molar-refractivity contribution in [1.82, 2.24) is 9.55 Å². The number of nitrogens with two attached hydrogens (primary N) is 1. The molecule has 2 aromatic rings. The van der Waals surface area contributed by atoms with Crippen LogP contribution >= 0.6 is 0 Å². The fourth-order valence-corrected chi connectivity index (χ4v) is 1.61. The Balaban J connectivity index is 1.82. The maximum Gasteiger partial charge on any atom is 0.145 e. The van der Waals surface area contributed by atoms with Gasteiger partial charge in [0, 0.05) is 25.0 Å². The summed E-state index contributed by atoms with van der Waals surface area (Å²) < 4.78 is 12.8. The predicted molar refractivity (Wildman–Crippen MR) is 69.7 cm³/mol. The lowest BCUT2D eigenvalue weighted by atomic mass is 10.3. The van der Waals surface area contributed by atoms with Gasteiger partial charge in [-0.05, 0) is 18.6 Å². The van der Waals surface area contributed by atoms with Crippen LogP contribution in [0, 0.1) is 0 Å². The Morgan fingerprint density at radius 2 is 2.28 bits per heavy atom. The van der Waals surface area contributed by atoms with E-state index in [4.69, 9.17) is 15.2 Å². The zero-order valence-corrected chi connectivity index (χ0v) is 10.4. The number of imidazole rings is 1. The highest BCUT2D eigenvalue weighted by Crippen LogP contribution is 2.26. The lowest BCUT2D eigenvalue weighted by molar-refractivity contribution is 0.301. The Morgan fingerprint density at radius 1 is 1.39 bits per heavy atom. The van der Waals surface area contributed by atoms with Gasteiger partial charge in [-0.1, -0.05) is 0 Å². The molecule has 1 aromatic heterocycles. The molecule has 0 spiro atoms. The van der Waals surface area contributed by atoms with Crippen molar-refractivity contribution in [3.8, 4) is 11.5 Å². The molecule has 1 heterocycles. The lowest BCUT2D eigenvalue weighted by Crippen LogP contribution is -2.04. The van der Waals surface area contributed by atoms with Crippen LogP contribution in [-0.4, -0.2) is 23.3 Å². The van der Waals surface area contributed by atoms with Gasteiger partial charge in [-0.15, -0.1) is 0 Å². The van der Waals surface area contributed by atoms with E-state index in [0.29, 0.717) is 18.0 Å². The zero-order valence-electron chi connectivity index (χ0n) is 10.4. The van der Waals surface area contributed by atoms with Crippen molar-refractivity contribution in [1.29, 1.82) is 0 Å². The van der Waals surface area contributed by atoms with Crippen LogP contribution in [0.5, 0.6) is 11.5 Å². The molecule has 0 saturated heterocycles. The van der Waals surface area contributed by atoms with E-state index in [0.717, 1.165) is 18.7 Å². The Bertz CT molecular complexity index is 483. The molecule has 0 radical (unpaired) electrons. The molecule has 18 heavy (non-hydrogen) atoms. The number of nitrogen functional groups attached to an aromatic ring is 1. The smallest absolute Gasteiger partial charge is 0.145 e. The van der Waals surface area contributed by atoms with E-state index in [9.17, 15) is 0 Å². The maximum atomic E-state index is 5.83. The third-order valence-corrected chi connectivity index (χ3v) is 2.60. The summed E-state index contributed by atoms with van der Waals surface area (Å²) >= 11 is 0. The normalized spacial score (nSPS) is 10.3. The summed E-state index contributed by atoms with van der Waals surface area (Å²) in [5.41, 5.74) is 6.45. The third-order valence-electron chi connectivity index (χ3n) is 2.60. The molecule has 0 fully saturated rings. The van der Waals surface area contributed by atoms with Gasteiger partial charge in [-0.2, -0.15) is 0 Å². The van der Waals surface area contributed by atoms with E-state index in [-0.39, 0.29) is 0 Å². The van der Waals surface area contributed by atoms with Gasteiger partial charge in [0.25, 0.3) is 0 Å². The molecule has 5 nitrogen and oxygen atoms in total. The highest BCUT2D eigenvalue weighted by Gasteiger charge is 2.02. The van der Waals surface area contributed by atoms with Gasteiger partial charge in [0.15, 0.2) is 0 Å². The van der Waals surface area contributed by atoms with Crippen LogP contribution in [0.2, 0.25) is 0 Å². The molecule has 0 unspecified atom stereocenters. The van der Waals surface area contributed by atoms with Gasteiger partial charge < -0.3 is 19.8 Å². The predicted octanol–water partition coefficient (Wildman–Crippen LogP) is 1.94. The molecule has 2 N–H and O–H groups in total. The van der Waals surface area contributed by atoms with Crippen LogP contribution in [0.15, 0.2) is 36.9 Å². The molecular weight excluding hydrogens is 230 g/mol. The minimum absolute atomic E-state index is 0.607. The van der Waals surface area contributed by atoms with Gasteiger partial charge in [0.2, 0.25) is 0 Å². The second-order valence-electron chi connectivity index (χ2n) is 3.91. The van der Waals surface area contributed by atoms with Crippen molar-refractivity contribution < 1.29 is 9.47 Å². The highest BCUT2D eigenvalue weighted by atomic mass is 16.5. The van der Waals surface area contributed by atoms with Crippen LogP contribution in [0.3, 0.4) is 0 Å². The van der Waals surface area contributed by atoms with Gasteiger partial charge in [0.05, 0.1) is 25.7 Å². The molecule has 96 valence electrons. The van der Waals surface area contributed by atoms with Crippen molar-refractivity contribution in [2.75, 3.05) is 19.5 Å². The summed E-state index contributed by atoms with van der Waals surface area (Å²) in [4.78, 5) is 3.98. The van der Waals surface area contributed by atoms with E-state index < -0.39 is 0 Å². The molecule has 0 aliphatic rings. The third kappa shape index (κ3) is 3.16. The van der Waals surface area contributed by atoms with Gasteiger partial charge in [-0.25, -0.2) is 4.98 Å². The summed E-state index contributed by atoms with van der Waals surface area (Å²) in [6, 6.07) is 5.39. The molecule has 5 heteroatoms. The van der Waals surface area contributed by atoms with Crippen LogP contribution in [0.1, 0.15) is 6.42 Å². The van der Waals surface area contributed by atoms with Crippen molar-refractivity contribution in [3.05, 3.63) is 36.9 Å². The van der Waals surface area contributed by atoms with Gasteiger partial charge in [0.1, 0.15) is 11.5 Å². The fraction of sp³-hybridized carbons (Fsp3) is 0.308. The Labute approximate surface area is 106 Å². The second-order valence-corrected chi connectivity index (χ2v) is 3.91. The summed E-state index contributed by atoms with van der Waals surface area (Å²) in [6.07, 6.45) is 6.38. The number of ether oxygens (including phenoxy) is 2. The minimum atomic E-state index is 0.607. The van der Waals surface area contributed by atoms with E-state index in [1.807, 2.05) is 16.8 Å². The highest BCUT2D eigenvalue weighted by molar-refractivity contribution is 5.55. The van der Waals surface area contributed by atoms with Gasteiger partial charge >= 0.3 is 0 Å². The molecule has 0 atom stereocenters. The Kier molecular flexibility index (Phi) is 4.06. The van der Waals surface area contributed by atoms with Crippen LogP contribution < -0.4 is 15.2 Å². The summed E-state index contributed by atoms with van der Waals surface area (Å²) in [5, 5.41) is 0. The largest absolute Gasteiger partial charge is 0.497 e. The van der Waals surface area contributed by atoms with E-state index in [1.54, 1.807) is 31.8 Å². The standard InChI is InChI=1S/C13H17N3O2/c1-17-11-3-4-12(14)13(9-11)18-8-2-6-16-7-5-15-10-16/h3-5,7,9-10H,2,6,8,14H2,1H3. The average Bonchev–Trinajstić information content (AvgIpc) is 2.89. The first kappa shape index (κ1) is 12.3. The Morgan fingerprint density at radius 3 is 3.00 bits per heavy atom. The first-order valence-corrected chi connectivity index (χ1v) is 5.81. The summed E-state index contributed by atoms with van der Waals surface area (Å²) in [7, 11) is 1.62. The monoisotopic (exact) mass is 247 g/mol. The number of benzene rings is 1. The summed E-state index contributed by atoms with van der Waals surface area (Å²) in [5.74, 6) is 1.41. The van der Waals surface area contributed by atoms with E-state index in [1.165, 1.54) is 0 Å². The molecule has 0 aliphatic heterocycles. The number of rotatable bonds is 6. The quantitative estimate of drug-likeness (QED) is 0.626. The second kappa shape index (κ2) is 5.95. The van der Waals surface area contributed by atoms with Crippen LogP contribution in [-0.2, 0) is 6.54 Å². The molecule has 0 bridgehead atoms. The van der Waals surface area contributed by atoms with Crippen molar-refractivity contribution >= 4 is 5.69 Å². The number of aromatic nitrogens is 2. The number of anilines is 1. The summed E-state index contributed by atoms with van der Waals surface area (Å²) in [6.45, 7) is 1.49. The number of aryl methyl sites for hydroxylation is 1. The van der Waals surface area contributed by atoms with E-state index >= 15 is 0 Å². The van der Waals surface area contributed by atoms with Crippen LogP contribution in [0.4, 0.5) is 5.69 Å².